The Morgan fingerprint density at radius 1 is 0.508 bits per heavy atom. The number of quaternary nitrogens is 1. The van der Waals surface area contributed by atoms with Gasteiger partial charge >= 0.3 is 11.9 Å². The first kappa shape index (κ1) is 56.5. The third-order valence-electron chi connectivity index (χ3n) is 11.0. The molecule has 0 aliphatic rings. The third kappa shape index (κ3) is 40.7. The molecule has 0 bridgehead atoms. The van der Waals surface area contributed by atoms with Crippen LogP contribution in [0.5, 0.6) is 0 Å². The molecule has 2 atom stereocenters. The molecule has 0 fully saturated rings. The molecule has 0 aliphatic carbocycles. The Labute approximate surface area is 364 Å². The Bertz CT molecular complexity index is 1060. The fourth-order valence-corrected chi connectivity index (χ4v) is 7.15. The van der Waals surface area contributed by atoms with Crippen LogP contribution in [0.3, 0.4) is 0 Å². The van der Waals surface area contributed by atoms with E-state index in [0.29, 0.717) is 12.8 Å². The molecular weight excluding hydrogens is 739 g/mol. The molecule has 0 spiro atoms. The number of unbranched alkanes of at least 4 members (excludes halogenated alkanes) is 24. The van der Waals surface area contributed by atoms with Gasteiger partial charge in [-0.05, 0) is 70.6 Å². The Hall–Kier alpha value is -2.45. The van der Waals surface area contributed by atoms with E-state index in [0.717, 1.165) is 51.4 Å². The first-order valence-corrected chi connectivity index (χ1v) is 24.5. The average Bonchev–Trinajstić information content (AvgIpc) is 3.19. The molecule has 0 saturated heterocycles. The summed E-state index contributed by atoms with van der Waals surface area (Å²) in [6, 6.07) is -0.727. The molecule has 8 nitrogen and oxygen atoms in total. The molecule has 0 aromatic heterocycles. The van der Waals surface area contributed by atoms with E-state index in [1.165, 1.54) is 135 Å². The molecule has 344 valence electrons. The summed E-state index contributed by atoms with van der Waals surface area (Å²) in [5.74, 6) is -1.74. The van der Waals surface area contributed by atoms with Crippen LogP contribution in [0, 0.1) is 0 Å². The fraction of sp³-hybridized carbons (Fsp3) is 0.824. The molecule has 0 amide bonds. The van der Waals surface area contributed by atoms with Gasteiger partial charge in [-0.25, -0.2) is 0 Å². The number of carbonyl (C=O) groups is 3. The maximum atomic E-state index is 12.8. The standard InChI is InChI=1S/C51H93NO7/c1-6-8-10-12-14-16-18-20-22-24-26-27-29-31-33-35-37-39-41-49(53)58-46-47(45-57-44-43-48(51(55)56)52(3,4)5)59-50(54)42-40-38-36-34-32-30-28-25-23-21-19-17-15-13-11-9-7-2/h15,17,21-24,47-48H,6-14,16,18-20,25-46H2,1-5H3/b17-15-,23-21-,24-22-. The zero-order chi connectivity index (χ0) is 43.5. The maximum Gasteiger partial charge on any atom is 0.306 e. The van der Waals surface area contributed by atoms with E-state index >= 15 is 0 Å². The van der Waals surface area contributed by atoms with Gasteiger partial charge < -0.3 is 28.6 Å². The predicted molar refractivity (Wildman–Crippen MR) is 245 cm³/mol. The highest BCUT2D eigenvalue weighted by Crippen LogP contribution is 2.14. The van der Waals surface area contributed by atoms with Gasteiger partial charge in [-0.2, -0.15) is 0 Å². The van der Waals surface area contributed by atoms with E-state index in [1.807, 2.05) is 0 Å². The van der Waals surface area contributed by atoms with Crippen molar-refractivity contribution in [2.75, 3.05) is 41.0 Å². The van der Waals surface area contributed by atoms with Gasteiger partial charge in [-0.15, -0.1) is 0 Å². The van der Waals surface area contributed by atoms with Crippen molar-refractivity contribution >= 4 is 17.9 Å². The van der Waals surface area contributed by atoms with Crippen LogP contribution in [0.2, 0.25) is 0 Å². The SMILES string of the molecule is CCCCC/C=C\C/C=C\CCCCCCCCCC(=O)OC(COCCC(C(=O)[O-])[N+](C)(C)C)COC(=O)CCCCCCCCC/C=C\CCCCCCCCC. The van der Waals surface area contributed by atoms with Gasteiger partial charge in [-0.3, -0.25) is 9.59 Å². The molecule has 59 heavy (non-hydrogen) atoms. The largest absolute Gasteiger partial charge is 0.544 e. The fourth-order valence-electron chi connectivity index (χ4n) is 7.15. The van der Waals surface area contributed by atoms with Crippen molar-refractivity contribution in [2.45, 2.75) is 231 Å². The minimum atomic E-state index is -1.13. The van der Waals surface area contributed by atoms with Crippen molar-refractivity contribution in [3.8, 4) is 0 Å². The van der Waals surface area contributed by atoms with Gasteiger partial charge in [0.15, 0.2) is 6.10 Å². The lowest BCUT2D eigenvalue weighted by Crippen LogP contribution is -2.55. The van der Waals surface area contributed by atoms with Crippen LogP contribution in [0.25, 0.3) is 0 Å². The summed E-state index contributed by atoms with van der Waals surface area (Å²) < 4.78 is 17.2. The Kier molecular flexibility index (Phi) is 40.5. The maximum absolute atomic E-state index is 12.8. The lowest BCUT2D eigenvalue weighted by atomic mass is 10.1. The second-order valence-electron chi connectivity index (χ2n) is 17.7. The van der Waals surface area contributed by atoms with E-state index in [9.17, 15) is 19.5 Å². The van der Waals surface area contributed by atoms with E-state index < -0.39 is 18.1 Å². The molecule has 0 aromatic carbocycles. The molecule has 8 heteroatoms. The Balaban J connectivity index is 4.29. The van der Waals surface area contributed by atoms with Crippen LogP contribution in [0.15, 0.2) is 36.5 Å². The van der Waals surface area contributed by atoms with Gasteiger partial charge in [0.1, 0.15) is 12.6 Å². The number of aliphatic carboxylic acids is 1. The first-order chi connectivity index (χ1) is 28.6. The van der Waals surface area contributed by atoms with Gasteiger partial charge in [0.05, 0.1) is 40.3 Å². The minimum absolute atomic E-state index is 0.0376. The predicted octanol–water partition coefficient (Wildman–Crippen LogP) is 12.5. The highest BCUT2D eigenvalue weighted by molar-refractivity contribution is 5.70. The molecular formula is C51H93NO7. The molecule has 0 aliphatic heterocycles. The van der Waals surface area contributed by atoms with Crippen molar-refractivity contribution in [1.82, 2.24) is 0 Å². The molecule has 0 saturated carbocycles. The van der Waals surface area contributed by atoms with Gasteiger partial charge in [0, 0.05) is 19.3 Å². The Morgan fingerprint density at radius 2 is 0.898 bits per heavy atom. The van der Waals surface area contributed by atoms with E-state index in [1.54, 1.807) is 21.1 Å². The number of allylic oxidation sites excluding steroid dienone is 6. The number of rotatable bonds is 44. The van der Waals surface area contributed by atoms with Crippen LogP contribution >= 0.6 is 0 Å². The third-order valence-corrected chi connectivity index (χ3v) is 11.0. The van der Waals surface area contributed by atoms with E-state index in [2.05, 4.69) is 50.3 Å². The smallest absolute Gasteiger partial charge is 0.306 e. The van der Waals surface area contributed by atoms with Crippen molar-refractivity contribution in [2.24, 2.45) is 0 Å². The summed E-state index contributed by atoms with van der Waals surface area (Å²) in [7, 11) is 5.41. The van der Waals surface area contributed by atoms with Crippen molar-refractivity contribution in [3.05, 3.63) is 36.5 Å². The zero-order valence-electron chi connectivity index (χ0n) is 39.2. The van der Waals surface area contributed by atoms with Gasteiger partial charge in [0.2, 0.25) is 0 Å². The average molecular weight is 832 g/mol. The zero-order valence-corrected chi connectivity index (χ0v) is 39.2. The normalized spacial score (nSPS) is 13.2. The second kappa shape index (κ2) is 42.2. The number of ether oxygens (including phenoxy) is 3. The summed E-state index contributed by atoms with van der Waals surface area (Å²) in [6.07, 6.45) is 48.8. The number of hydrogen-bond acceptors (Lipinski definition) is 7. The lowest BCUT2D eigenvalue weighted by molar-refractivity contribution is -0.889. The second-order valence-corrected chi connectivity index (χ2v) is 17.7. The van der Waals surface area contributed by atoms with Crippen molar-refractivity contribution < 1.29 is 38.2 Å². The van der Waals surface area contributed by atoms with Crippen molar-refractivity contribution in [1.29, 1.82) is 0 Å². The Morgan fingerprint density at radius 3 is 1.36 bits per heavy atom. The summed E-state index contributed by atoms with van der Waals surface area (Å²) in [5.41, 5.74) is 0. The van der Waals surface area contributed by atoms with E-state index in [-0.39, 0.29) is 42.7 Å². The number of carboxylic acids is 1. The van der Waals surface area contributed by atoms with Crippen LogP contribution < -0.4 is 5.11 Å². The molecule has 2 unspecified atom stereocenters. The van der Waals surface area contributed by atoms with Gasteiger partial charge in [0.25, 0.3) is 0 Å². The summed E-state index contributed by atoms with van der Waals surface area (Å²) in [4.78, 5) is 37.0. The monoisotopic (exact) mass is 832 g/mol. The minimum Gasteiger partial charge on any atom is -0.544 e. The van der Waals surface area contributed by atoms with Crippen LogP contribution in [-0.2, 0) is 28.6 Å². The summed E-state index contributed by atoms with van der Waals surface area (Å²) in [5, 5.41) is 11.6. The van der Waals surface area contributed by atoms with Gasteiger partial charge in [-0.1, -0.05) is 166 Å². The topological polar surface area (TPSA) is 102 Å². The lowest BCUT2D eigenvalue weighted by Gasteiger charge is -2.34. The molecule has 0 heterocycles. The number of esters is 2. The number of carbonyl (C=O) groups excluding carboxylic acids is 3. The molecule has 0 aromatic rings. The van der Waals surface area contributed by atoms with E-state index in [4.69, 9.17) is 14.2 Å². The first-order valence-electron chi connectivity index (χ1n) is 24.5. The van der Waals surface area contributed by atoms with Crippen LogP contribution in [0.1, 0.15) is 219 Å². The highest BCUT2D eigenvalue weighted by Gasteiger charge is 2.25. The van der Waals surface area contributed by atoms with Crippen LogP contribution in [-0.4, -0.2) is 75.5 Å². The number of hydrogen-bond donors (Lipinski definition) is 0. The summed E-state index contributed by atoms with van der Waals surface area (Å²) in [6.45, 7) is 4.64. The number of likely N-dealkylation sites (N-methyl/N-ethyl adjacent to an activating group) is 1. The molecule has 0 N–H and O–H groups in total. The molecule has 0 radical (unpaired) electrons. The van der Waals surface area contributed by atoms with Crippen molar-refractivity contribution in [3.63, 3.8) is 0 Å². The summed E-state index contributed by atoms with van der Waals surface area (Å²) >= 11 is 0. The van der Waals surface area contributed by atoms with Crippen LogP contribution in [0.4, 0.5) is 0 Å². The number of nitrogens with zero attached hydrogens (tertiary/aromatic N) is 1. The quantitative estimate of drug-likeness (QED) is 0.0261. The highest BCUT2D eigenvalue weighted by atomic mass is 16.6. The number of carboxylic acid groups (broad SMARTS) is 1. The molecule has 0 rings (SSSR count).